The van der Waals surface area contributed by atoms with E-state index in [4.69, 9.17) is 5.73 Å². The fourth-order valence-corrected chi connectivity index (χ4v) is 2.17. The molecule has 1 amide bonds. The molecule has 0 atom stereocenters. The molecule has 0 aromatic heterocycles. The van der Waals surface area contributed by atoms with Crippen molar-refractivity contribution in [3.63, 3.8) is 0 Å². The van der Waals surface area contributed by atoms with Gasteiger partial charge in [0.2, 0.25) is 0 Å². The summed E-state index contributed by atoms with van der Waals surface area (Å²) in [7, 11) is 0. The Balaban J connectivity index is 2.14. The largest absolute Gasteiger partial charge is 0.507 e. The first-order valence-electron chi connectivity index (χ1n) is 6.19. The summed E-state index contributed by atoms with van der Waals surface area (Å²) >= 11 is 2.09. The summed E-state index contributed by atoms with van der Waals surface area (Å²) < 4.78 is 0.878. The number of carbonyl (C=O) groups excluding carboxylic acids is 1. The third-order valence-corrected chi connectivity index (χ3v) is 3.35. The molecule has 106 valence electrons. The summed E-state index contributed by atoms with van der Waals surface area (Å²) in [4.78, 5) is 12.1. The van der Waals surface area contributed by atoms with Crippen LogP contribution in [-0.2, 0) is 0 Å². The Morgan fingerprint density at radius 2 is 1.95 bits per heavy atom. The van der Waals surface area contributed by atoms with Gasteiger partial charge in [-0.25, -0.2) is 0 Å². The van der Waals surface area contributed by atoms with E-state index in [2.05, 4.69) is 39.7 Å². The molecule has 0 spiro atoms. The molecule has 4 nitrogen and oxygen atoms in total. The highest BCUT2D eigenvalue weighted by molar-refractivity contribution is 14.1. The number of amides is 1. The molecule has 0 unspecified atom stereocenters. The molecule has 0 saturated heterocycles. The maximum atomic E-state index is 12.1. The first kappa shape index (κ1) is 15.4. The number of halogens is 1. The minimum atomic E-state index is -0.355. The lowest BCUT2D eigenvalue weighted by Crippen LogP contribution is -2.12. The predicted octanol–water partition coefficient (Wildman–Crippen LogP) is 2.56. The number of phenolic OH excluding ortho intramolecular Hbond substituents is 1. The smallest absolute Gasteiger partial charge is 0.259 e. The van der Waals surface area contributed by atoms with Crippen LogP contribution in [0.5, 0.6) is 5.75 Å². The molecule has 2 aromatic rings. The zero-order chi connectivity index (χ0) is 15.2. The Morgan fingerprint density at radius 3 is 2.62 bits per heavy atom. The second-order valence-corrected chi connectivity index (χ2v) is 5.44. The molecule has 0 aliphatic carbocycles. The Hall–Kier alpha value is -2.04. The van der Waals surface area contributed by atoms with Crippen molar-refractivity contribution in [1.82, 2.24) is 0 Å². The van der Waals surface area contributed by atoms with Gasteiger partial charge in [-0.3, -0.25) is 4.79 Å². The Labute approximate surface area is 136 Å². The van der Waals surface area contributed by atoms with Crippen molar-refractivity contribution in [2.45, 2.75) is 0 Å². The number of phenols is 1. The van der Waals surface area contributed by atoms with Crippen LogP contribution in [0.4, 0.5) is 5.69 Å². The second-order valence-electron chi connectivity index (χ2n) is 4.20. The number of aromatic hydroxyl groups is 1. The van der Waals surface area contributed by atoms with Crippen LogP contribution in [0.2, 0.25) is 0 Å². The Morgan fingerprint density at radius 1 is 1.24 bits per heavy atom. The van der Waals surface area contributed by atoms with Crippen molar-refractivity contribution in [3.05, 3.63) is 57.2 Å². The normalized spacial score (nSPS) is 9.62. The van der Waals surface area contributed by atoms with Crippen LogP contribution in [0.1, 0.15) is 15.9 Å². The number of nitrogens with two attached hydrogens (primary N) is 1. The summed E-state index contributed by atoms with van der Waals surface area (Å²) in [5, 5.41) is 12.5. The molecular formula is C16H13IN2O2. The number of rotatable bonds is 2. The van der Waals surface area contributed by atoms with E-state index in [1.165, 1.54) is 6.07 Å². The molecule has 0 radical (unpaired) electrons. The number of hydrogen-bond donors (Lipinski definition) is 3. The SMILES string of the molecule is NCC#Cc1ccc(NC(=O)c2cc(I)ccc2O)cc1. The van der Waals surface area contributed by atoms with E-state index in [1.807, 2.05) is 0 Å². The summed E-state index contributed by atoms with van der Waals surface area (Å²) in [6.45, 7) is 0.310. The molecular weight excluding hydrogens is 379 g/mol. The Bertz CT molecular complexity index is 715. The van der Waals surface area contributed by atoms with Gasteiger partial charge in [0.15, 0.2) is 0 Å². The monoisotopic (exact) mass is 392 g/mol. The van der Waals surface area contributed by atoms with Crippen LogP contribution in [0.3, 0.4) is 0 Å². The van der Waals surface area contributed by atoms with Gasteiger partial charge < -0.3 is 16.2 Å². The van der Waals surface area contributed by atoms with Gasteiger partial charge in [-0.15, -0.1) is 0 Å². The maximum absolute atomic E-state index is 12.1. The summed E-state index contributed by atoms with van der Waals surface area (Å²) in [6.07, 6.45) is 0. The minimum absolute atomic E-state index is 0.0432. The lowest BCUT2D eigenvalue weighted by molar-refractivity contribution is 0.102. The zero-order valence-corrected chi connectivity index (χ0v) is 13.2. The average molecular weight is 392 g/mol. The van der Waals surface area contributed by atoms with Crippen LogP contribution >= 0.6 is 22.6 Å². The molecule has 5 heteroatoms. The van der Waals surface area contributed by atoms with Crippen LogP contribution in [0.25, 0.3) is 0 Å². The summed E-state index contributed by atoms with van der Waals surface area (Å²) in [5.74, 6) is 5.27. The van der Waals surface area contributed by atoms with Crippen LogP contribution in [0, 0.1) is 15.4 Å². The average Bonchev–Trinajstić information content (AvgIpc) is 2.49. The predicted molar refractivity (Wildman–Crippen MR) is 91.2 cm³/mol. The molecule has 0 fully saturated rings. The van der Waals surface area contributed by atoms with Crippen molar-refractivity contribution < 1.29 is 9.90 Å². The van der Waals surface area contributed by atoms with Crippen LogP contribution in [0.15, 0.2) is 42.5 Å². The first-order valence-corrected chi connectivity index (χ1v) is 7.27. The van der Waals surface area contributed by atoms with Crippen molar-refractivity contribution in [3.8, 4) is 17.6 Å². The molecule has 0 heterocycles. The molecule has 0 saturated carbocycles. The van der Waals surface area contributed by atoms with E-state index in [0.29, 0.717) is 12.2 Å². The highest BCUT2D eigenvalue weighted by Crippen LogP contribution is 2.21. The van der Waals surface area contributed by atoms with Gasteiger partial charge in [0.05, 0.1) is 12.1 Å². The van der Waals surface area contributed by atoms with Crippen LogP contribution < -0.4 is 11.1 Å². The molecule has 2 rings (SSSR count). The second kappa shape index (κ2) is 7.11. The fourth-order valence-electron chi connectivity index (χ4n) is 1.68. The van der Waals surface area contributed by atoms with E-state index in [0.717, 1.165) is 9.13 Å². The molecule has 4 N–H and O–H groups in total. The minimum Gasteiger partial charge on any atom is -0.507 e. The molecule has 0 bridgehead atoms. The summed E-state index contributed by atoms with van der Waals surface area (Å²) in [6, 6.07) is 12.0. The van der Waals surface area contributed by atoms with Crippen molar-refractivity contribution in [1.29, 1.82) is 0 Å². The molecule has 21 heavy (non-hydrogen) atoms. The lowest BCUT2D eigenvalue weighted by Gasteiger charge is -2.07. The number of nitrogens with one attached hydrogen (secondary N) is 1. The number of carbonyl (C=O) groups is 1. The van der Waals surface area contributed by atoms with Crippen molar-refractivity contribution in [2.75, 3.05) is 11.9 Å². The van der Waals surface area contributed by atoms with Gasteiger partial charge in [0, 0.05) is 14.8 Å². The summed E-state index contributed by atoms with van der Waals surface area (Å²) in [5.41, 5.74) is 7.02. The highest BCUT2D eigenvalue weighted by atomic mass is 127. The topological polar surface area (TPSA) is 75.3 Å². The number of anilines is 1. The van der Waals surface area contributed by atoms with Gasteiger partial charge in [-0.05, 0) is 65.1 Å². The molecule has 0 aliphatic rings. The van der Waals surface area contributed by atoms with Gasteiger partial charge in [-0.2, -0.15) is 0 Å². The van der Waals surface area contributed by atoms with E-state index >= 15 is 0 Å². The van der Waals surface area contributed by atoms with E-state index in [-0.39, 0.29) is 17.2 Å². The van der Waals surface area contributed by atoms with E-state index < -0.39 is 0 Å². The molecule has 2 aromatic carbocycles. The van der Waals surface area contributed by atoms with Crippen LogP contribution in [-0.4, -0.2) is 17.6 Å². The Kier molecular flexibility index (Phi) is 5.20. The van der Waals surface area contributed by atoms with E-state index in [9.17, 15) is 9.90 Å². The first-order chi connectivity index (χ1) is 10.1. The molecule has 0 aliphatic heterocycles. The lowest BCUT2D eigenvalue weighted by atomic mass is 10.1. The standard InChI is InChI=1S/C16H13IN2O2/c17-12-5-8-15(20)14(10-12)16(21)19-13-6-3-11(4-7-13)2-1-9-18/h3-8,10,20H,9,18H2,(H,19,21). The van der Waals surface area contributed by atoms with Gasteiger partial charge in [0.25, 0.3) is 5.91 Å². The van der Waals surface area contributed by atoms with Crippen molar-refractivity contribution >= 4 is 34.2 Å². The highest BCUT2D eigenvalue weighted by Gasteiger charge is 2.11. The van der Waals surface area contributed by atoms with E-state index in [1.54, 1.807) is 36.4 Å². The van der Waals surface area contributed by atoms with Crippen molar-refractivity contribution in [2.24, 2.45) is 5.73 Å². The zero-order valence-electron chi connectivity index (χ0n) is 11.1. The third kappa shape index (κ3) is 4.21. The van der Waals surface area contributed by atoms with Gasteiger partial charge >= 0.3 is 0 Å². The maximum Gasteiger partial charge on any atom is 0.259 e. The number of benzene rings is 2. The third-order valence-electron chi connectivity index (χ3n) is 2.68. The fraction of sp³-hybridized carbons (Fsp3) is 0.0625. The number of hydrogen-bond acceptors (Lipinski definition) is 3. The van der Waals surface area contributed by atoms with Gasteiger partial charge in [0.1, 0.15) is 5.75 Å². The van der Waals surface area contributed by atoms with Gasteiger partial charge in [-0.1, -0.05) is 11.8 Å². The quantitative estimate of drug-likeness (QED) is 0.543.